The van der Waals surface area contributed by atoms with Crippen molar-refractivity contribution in [2.75, 3.05) is 12.3 Å². The Morgan fingerprint density at radius 2 is 2.00 bits per heavy atom. The Bertz CT molecular complexity index is 606. The quantitative estimate of drug-likeness (QED) is 0.764. The largest absolute Gasteiger partial charge is 0.354 e. The van der Waals surface area contributed by atoms with Gasteiger partial charge in [-0.3, -0.25) is 14.4 Å². The number of hydrogen-bond donors (Lipinski definition) is 2. The van der Waals surface area contributed by atoms with Crippen LogP contribution in [0.3, 0.4) is 0 Å². The average Bonchev–Trinajstić information content (AvgIpc) is 2.74. The van der Waals surface area contributed by atoms with E-state index in [-0.39, 0.29) is 10.9 Å². The predicted octanol–water partition coefficient (Wildman–Crippen LogP) is 1.69. The third-order valence-corrected chi connectivity index (χ3v) is 5.29. The maximum atomic E-state index is 13.1. The molecule has 0 aliphatic carbocycles. The third-order valence-electron chi connectivity index (χ3n) is 4.31. The minimum Gasteiger partial charge on any atom is -0.354 e. The van der Waals surface area contributed by atoms with E-state index < -0.39 is 17.4 Å². The Balaban J connectivity index is 2.21. The summed E-state index contributed by atoms with van der Waals surface area (Å²) in [6, 6.07) is 9.61. The molecule has 3 N–H and O–H groups in total. The molecule has 130 valence electrons. The molecule has 6 heteroatoms. The van der Waals surface area contributed by atoms with Gasteiger partial charge in [0, 0.05) is 25.1 Å². The summed E-state index contributed by atoms with van der Waals surface area (Å²) in [6.45, 7) is 2.03. The molecule has 0 spiro atoms. The zero-order chi connectivity index (χ0) is 17.6. The van der Waals surface area contributed by atoms with Gasteiger partial charge >= 0.3 is 0 Å². The summed E-state index contributed by atoms with van der Waals surface area (Å²) in [6.07, 6.45) is 2.39. The number of nitrogens with two attached hydrogens (primary N) is 1. The van der Waals surface area contributed by atoms with Crippen molar-refractivity contribution in [1.82, 2.24) is 5.32 Å². The number of carbonyl (C=O) groups excluding carboxylic acids is 3. The van der Waals surface area contributed by atoms with Gasteiger partial charge in [0.1, 0.15) is 0 Å². The molecule has 1 fully saturated rings. The van der Waals surface area contributed by atoms with Crippen molar-refractivity contribution in [3.63, 3.8) is 0 Å². The van der Waals surface area contributed by atoms with Crippen LogP contribution in [-0.2, 0) is 20.8 Å². The van der Waals surface area contributed by atoms with E-state index in [1.54, 1.807) is 0 Å². The van der Waals surface area contributed by atoms with Crippen LogP contribution in [0.1, 0.15) is 31.7 Å². The lowest BCUT2D eigenvalue weighted by Gasteiger charge is -2.29. The van der Waals surface area contributed by atoms with Gasteiger partial charge in [-0.05, 0) is 31.2 Å². The number of hydrogen-bond acceptors (Lipinski definition) is 5. The van der Waals surface area contributed by atoms with E-state index in [2.05, 4.69) is 5.32 Å². The fraction of sp³-hybridized carbons (Fsp3) is 0.500. The van der Waals surface area contributed by atoms with Crippen molar-refractivity contribution in [2.45, 2.75) is 38.1 Å². The number of rotatable bonds is 6. The van der Waals surface area contributed by atoms with E-state index in [9.17, 15) is 14.4 Å². The van der Waals surface area contributed by atoms with Crippen molar-refractivity contribution >= 4 is 28.6 Å². The number of amides is 1. The second-order valence-corrected chi connectivity index (χ2v) is 7.43. The minimum atomic E-state index is -1.49. The first-order valence-corrected chi connectivity index (χ1v) is 9.21. The first-order valence-electron chi connectivity index (χ1n) is 8.22. The van der Waals surface area contributed by atoms with Gasteiger partial charge in [0.2, 0.25) is 5.91 Å². The number of Topliss-reactive ketones (excluding diaryl/α,β-unsaturated/α-hetero) is 1. The van der Waals surface area contributed by atoms with Crippen LogP contribution in [0.4, 0.5) is 0 Å². The fourth-order valence-corrected chi connectivity index (χ4v) is 3.65. The molecule has 1 aromatic carbocycles. The average molecular weight is 348 g/mol. The lowest BCUT2D eigenvalue weighted by molar-refractivity contribution is -0.137. The summed E-state index contributed by atoms with van der Waals surface area (Å²) in [5.74, 6) is -0.777. The Morgan fingerprint density at radius 1 is 1.29 bits per heavy atom. The van der Waals surface area contributed by atoms with Crippen LogP contribution in [0.25, 0.3) is 0 Å². The number of carbonyl (C=O) groups is 3. The van der Waals surface area contributed by atoms with E-state index in [1.165, 1.54) is 6.92 Å². The number of benzene rings is 1. The summed E-state index contributed by atoms with van der Waals surface area (Å²) >= 11 is 1.11. The van der Waals surface area contributed by atoms with Gasteiger partial charge in [0.05, 0.1) is 0 Å². The molecule has 0 bridgehead atoms. The normalized spacial score (nSPS) is 22.3. The van der Waals surface area contributed by atoms with Gasteiger partial charge in [0.25, 0.3) is 0 Å². The van der Waals surface area contributed by atoms with Crippen LogP contribution in [0, 0.1) is 5.92 Å². The number of thioether (sulfide) groups is 1. The smallest absolute Gasteiger partial charge is 0.247 e. The first kappa shape index (κ1) is 18.7. The standard InChI is InChI=1S/C18H24N2O3S/c1-13(21)24-12-15(11-14-7-3-2-4-8-14)16(22)18(19)9-5-6-10-20-17(18)23/h2-4,7-8,15H,5-6,9-12,19H2,1H3,(H,20,23)/t15?,18-/m0/s1. The molecule has 0 aromatic heterocycles. The van der Waals surface area contributed by atoms with Gasteiger partial charge in [-0.15, -0.1) is 0 Å². The molecule has 1 saturated heterocycles. The molecule has 2 atom stereocenters. The fourth-order valence-electron chi connectivity index (χ4n) is 2.95. The number of ketones is 1. The van der Waals surface area contributed by atoms with E-state index in [4.69, 9.17) is 5.73 Å². The van der Waals surface area contributed by atoms with E-state index >= 15 is 0 Å². The Labute approximate surface area is 146 Å². The molecular formula is C18H24N2O3S. The van der Waals surface area contributed by atoms with Crippen LogP contribution < -0.4 is 11.1 Å². The third kappa shape index (κ3) is 4.68. The Hall–Kier alpha value is -1.66. The number of nitrogens with one attached hydrogen (secondary N) is 1. The Morgan fingerprint density at radius 3 is 2.67 bits per heavy atom. The zero-order valence-electron chi connectivity index (χ0n) is 13.9. The highest BCUT2D eigenvalue weighted by molar-refractivity contribution is 8.13. The Kier molecular flexibility index (Phi) is 6.57. The van der Waals surface area contributed by atoms with Crippen molar-refractivity contribution in [3.8, 4) is 0 Å². The van der Waals surface area contributed by atoms with Gasteiger partial charge < -0.3 is 11.1 Å². The van der Waals surface area contributed by atoms with Crippen LogP contribution >= 0.6 is 11.8 Å². The summed E-state index contributed by atoms with van der Waals surface area (Å²) in [5.41, 5.74) is 5.76. The van der Waals surface area contributed by atoms with Crippen LogP contribution in [0.15, 0.2) is 30.3 Å². The molecule has 1 aromatic rings. The van der Waals surface area contributed by atoms with Gasteiger partial charge in [0.15, 0.2) is 16.4 Å². The molecule has 5 nitrogen and oxygen atoms in total. The van der Waals surface area contributed by atoms with Gasteiger partial charge in [-0.1, -0.05) is 42.1 Å². The van der Waals surface area contributed by atoms with Crippen molar-refractivity contribution in [3.05, 3.63) is 35.9 Å². The van der Waals surface area contributed by atoms with Crippen LogP contribution in [-0.4, -0.2) is 34.6 Å². The van der Waals surface area contributed by atoms with Crippen LogP contribution in [0.5, 0.6) is 0 Å². The lowest BCUT2D eigenvalue weighted by Crippen LogP contribution is -2.60. The molecule has 1 amide bonds. The summed E-state index contributed by atoms with van der Waals surface area (Å²) < 4.78 is 0. The maximum absolute atomic E-state index is 13.1. The lowest BCUT2D eigenvalue weighted by atomic mass is 9.81. The second kappa shape index (κ2) is 8.44. The zero-order valence-corrected chi connectivity index (χ0v) is 14.7. The molecule has 0 radical (unpaired) electrons. The highest BCUT2D eigenvalue weighted by atomic mass is 32.2. The predicted molar refractivity (Wildman–Crippen MR) is 95.6 cm³/mol. The molecule has 1 aliphatic heterocycles. The molecule has 24 heavy (non-hydrogen) atoms. The van der Waals surface area contributed by atoms with Gasteiger partial charge in [-0.2, -0.15) is 0 Å². The summed E-state index contributed by atoms with van der Waals surface area (Å²) in [7, 11) is 0. The van der Waals surface area contributed by atoms with Crippen LogP contribution in [0.2, 0.25) is 0 Å². The maximum Gasteiger partial charge on any atom is 0.247 e. The molecule has 1 heterocycles. The highest BCUT2D eigenvalue weighted by Crippen LogP contribution is 2.25. The minimum absolute atomic E-state index is 0.0442. The topological polar surface area (TPSA) is 89.3 Å². The monoisotopic (exact) mass is 348 g/mol. The molecular weight excluding hydrogens is 324 g/mol. The SMILES string of the molecule is CC(=O)SCC(Cc1ccccc1)C(=O)[C@@]1(N)CCCCNC1=O. The molecule has 1 unspecified atom stereocenters. The summed E-state index contributed by atoms with van der Waals surface area (Å²) in [5, 5.41) is 2.70. The first-order chi connectivity index (χ1) is 11.4. The van der Waals surface area contributed by atoms with Crippen molar-refractivity contribution in [1.29, 1.82) is 0 Å². The highest BCUT2D eigenvalue weighted by Gasteiger charge is 2.45. The van der Waals surface area contributed by atoms with E-state index in [0.29, 0.717) is 25.1 Å². The van der Waals surface area contributed by atoms with E-state index in [1.807, 2.05) is 30.3 Å². The molecule has 0 saturated carbocycles. The molecule has 2 rings (SSSR count). The summed E-state index contributed by atoms with van der Waals surface area (Å²) in [4.78, 5) is 36.8. The second-order valence-electron chi connectivity index (χ2n) is 6.24. The van der Waals surface area contributed by atoms with Gasteiger partial charge in [-0.25, -0.2) is 0 Å². The van der Waals surface area contributed by atoms with Crippen molar-refractivity contribution < 1.29 is 14.4 Å². The van der Waals surface area contributed by atoms with E-state index in [0.717, 1.165) is 30.2 Å². The van der Waals surface area contributed by atoms with Crippen molar-refractivity contribution in [2.24, 2.45) is 11.7 Å². The molecule has 1 aliphatic rings.